The van der Waals surface area contributed by atoms with Crippen molar-refractivity contribution in [2.24, 2.45) is 5.10 Å². The molecule has 2 aromatic carbocycles. The number of hydrogen-bond donors (Lipinski definition) is 2. The van der Waals surface area contributed by atoms with Gasteiger partial charge in [0.05, 0.1) is 12.8 Å². The van der Waals surface area contributed by atoms with Gasteiger partial charge in [-0.1, -0.05) is 12.1 Å². The van der Waals surface area contributed by atoms with Gasteiger partial charge >= 0.3 is 0 Å². The number of benzene rings is 2. The van der Waals surface area contributed by atoms with Crippen LogP contribution in [0.4, 0.5) is 11.4 Å². The fraction of sp³-hybridized carbons (Fsp3) is 0.300. The Bertz CT molecular complexity index is 724. The van der Waals surface area contributed by atoms with E-state index in [9.17, 15) is 4.79 Å². The minimum Gasteiger partial charge on any atom is -0.494 e. The standard InChI is InChI=1S/C20H26N4O2/c1-5-26-19-12-8-17(9-13-19)22-15(2)20(25)23-21-14-16-6-10-18(11-7-16)24(3)4/h6-15,22H,5H2,1-4H3,(H,23,25). The molecule has 6 nitrogen and oxygen atoms in total. The number of carbonyl (C=O) groups excluding carboxylic acids is 1. The van der Waals surface area contributed by atoms with Crippen LogP contribution in [0.1, 0.15) is 19.4 Å². The quantitative estimate of drug-likeness (QED) is 0.565. The Balaban J connectivity index is 1.84. The minimum absolute atomic E-state index is 0.208. The number of ether oxygens (including phenoxy) is 1. The molecule has 2 aromatic rings. The fourth-order valence-corrected chi connectivity index (χ4v) is 2.26. The highest BCUT2D eigenvalue weighted by Gasteiger charge is 2.11. The lowest BCUT2D eigenvalue weighted by Gasteiger charge is -2.14. The first-order valence-electron chi connectivity index (χ1n) is 8.59. The summed E-state index contributed by atoms with van der Waals surface area (Å²) in [6.45, 7) is 4.35. The zero-order valence-corrected chi connectivity index (χ0v) is 15.7. The van der Waals surface area contributed by atoms with Crippen molar-refractivity contribution in [3.8, 4) is 5.75 Å². The number of amides is 1. The average molecular weight is 354 g/mol. The Morgan fingerprint density at radius 3 is 2.38 bits per heavy atom. The molecule has 26 heavy (non-hydrogen) atoms. The minimum atomic E-state index is -0.416. The van der Waals surface area contributed by atoms with Crippen LogP contribution >= 0.6 is 0 Å². The second-order valence-corrected chi connectivity index (χ2v) is 6.04. The number of rotatable bonds is 8. The molecule has 0 saturated carbocycles. The van der Waals surface area contributed by atoms with E-state index in [0.717, 1.165) is 22.7 Å². The summed E-state index contributed by atoms with van der Waals surface area (Å²) in [5.74, 6) is 0.597. The van der Waals surface area contributed by atoms with Crippen molar-refractivity contribution in [2.75, 3.05) is 30.9 Å². The van der Waals surface area contributed by atoms with E-state index in [-0.39, 0.29) is 5.91 Å². The zero-order chi connectivity index (χ0) is 18.9. The van der Waals surface area contributed by atoms with Crippen molar-refractivity contribution >= 4 is 23.5 Å². The number of nitrogens with zero attached hydrogens (tertiary/aromatic N) is 2. The molecule has 1 amide bonds. The Labute approximate surface area is 154 Å². The third-order valence-corrected chi connectivity index (χ3v) is 3.74. The highest BCUT2D eigenvalue weighted by atomic mass is 16.5. The van der Waals surface area contributed by atoms with E-state index in [1.54, 1.807) is 13.1 Å². The summed E-state index contributed by atoms with van der Waals surface area (Å²) in [7, 11) is 3.98. The molecule has 0 aliphatic rings. The molecule has 0 heterocycles. The van der Waals surface area contributed by atoms with E-state index < -0.39 is 6.04 Å². The number of hydrogen-bond acceptors (Lipinski definition) is 5. The molecule has 6 heteroatoms. The van der Waals surface area contributed by atoms with Gasteiger partial charge in [0.25, 0.3) is 5.91 Å². The normalized spacial score (nSPS) is 11.8. The van der Waals surface area contributed by atoms with E-state index in [0.29, 0.717) is 6.61 Å². The lowest BCUT2D eigenvalue weighted by atomic mass is 10.2. The average Bonchev–Trinajstić information content (AvgIpc) is 2.64. The SMILES string of the molecule is CCOc1ccc(NC(C)C(=O)NN=Cc2ccc(N(C)C)cc2)cc1. The molecular weight excluding hydrogens is 328 g/mol. The first-order valence-corrected chi connectivity index (χ1v) is 8.59. The predicted octanol–water partition coefficient (Wildman–Crippen LogP) is 3.10. The first-order chi connectivity index (χ1) is 12.5. The van der Waals surface area contributed by atoms with Gasteiger partial charge in [0.1, 0.15) is 11.8 Å². The Hall–Kier alpha value is -3.02. The monoisotopic (exact) mass is 354 g/mol. The number of carbonyl (C=O) groups is 1. The van der Waals surface area contributed by atoms with Gasteiger partial charge in [0.15, 0.2) is 0 Å². The molecule has 1 unspecified atom stereocenters. The number of nitrogens with one attached hydrogen (secondary N) is 2. The molecule has 0 aliphatic heterocycles. The van der Waals surface area contributed by atoms with Crippen LogP contribution in [0, 0.1) is 0 Å². The molecule has 138 valence electrons. The van der Waals surface area contributed by atoms with Crippen molar-refractivity contribution < 1.29 is 9.53 Å². The topological polar surface area (TPSA) is 66.0 Å². The molecule has 0 bridgehead atoms. The van der Waals surface area contributed by atoms with Crippen molar-refractivity contribution in [2.45, 2.75) is 19.9 Å². The summed E-state index contributed by atoms with van der Waals surface area (Å²) >= 11 is 0. The summed E-state index contributed by atoms with van der Waals surface area (Å²) in [4.78, 5) is 14.2. The zero-order valence-electron chi connectivity index (χ0n) is 15.7. The van der Waals surface area contributed by atoms with Gasteiger partial charge in [-0.15, -0.1) is 0 Å². The van der Waals surface area contributed by atoms with Crippen LogP contribution < -0.4 is 20.4 Å². The molecule has 0 aromatic heterocycles. The highest BCUT2D eigenvalue weighted by Crippen LogP contribution is 2.16. The van der Waals surface area contributed by atoms with Crippen LogP contribution in [0.5, 0.6) is 5.75 Å². The fourth-order valence-electron chi connectivity index (χ4n) is 2.26. The van der Waals surface area contributed by atoms with Crippen LogP contribution in [-0.2, 0) is 4.79 Å². The summed E-state index contributed by atoms with van der Waals surface area (Å²) in [5, 5.41) is 7.15. The van der Waals surface area contributed by atoms with Crippen LogP contribution in [-0.4, -0.2) is 38.9 Å². The summed E-state index contributed by atoms with van der Waals surface area (Å²) < 4.78 is 5.40. The van der Waals surface area contributed by atoms with Crippen LogP contribution in [0.15, 0.2) is 53.6 Å². The number of anilines is 2. The van der Waals surface area contributed by atoms with Crippen molar-refractivity contribution in [1.29, 1.82) is 0 Å². The second kappa shape index (κ2) is 9.46. The van der Waals surface area contributed by atoms with Crippen LogP contribution in [0.25, 0.3) is 0 Å². The van der Waals surface area contributed by atoms with Crippen molar-refractivity contribution in [1.82, 2.24) is 5.43 Å². The third-order valence-electron chi connectivity index (χ3n) is 3.74. The van der Waals surface area contributed by atoms with Crippen molar-refractivity contribution in [3.05, 3.63) is 54.1 Å². The Kier molecular flexibility index (Phi) is 7.02. The van der Waals surface area contributed by atoms with Gasteiger partial charge in [-0.2, -0.15) is 5.10 Å². The second-order valence-electron chi connectivity index (χ2n) is 6.04. The van der Waals surface area contributed by atoms with Crippen LogP contribution in [0.3, 0.4) is 0 Å². The Morgan fingerprint density at radius 1 is 1.15 bits per heavy atom. The van der Waals surface area contributed by atoms with E-state index in [2.05, 4.69) is 15.8 Å². The smallest absolute Gasteiger partial charge is 0.262 e. The van der Waals surface area contributed by atoms with Crippen LogP contribution in [0.2, 0.25) is 0 Å². The molecule has 2 N–H and O–H groups in total. The van der Waals surface area contributed by atoms with Gasteiger partial charge < -0.3 is 15.0 Å². The highest BCUT2D eigenvalue weighted by molar-refractivity contribution is 5.86. The molecule has 2 rings (SSSR count). The lowest BCUT2D eigenvalue weighted by Crippen LogP contribution is -2.34. The first kappa shape index (κ1) is 19.3. The van der Waals surface area contributed by atoms with E-state index >= 15 is 0 Å². The molecule has 0 fully saturated rings. The maximum Gasteiger partial charge on any atom is 0.262 e. The molecule has 1 atom stereocenters. The largest absolute Gasteiger partial charge is 0.494 e. The van der Waals surface area contributed by atoms with Gasteiger partial charge in [-0.3, -0.25) is 4.79 Å². The summed E-state index contributed by atoms with van der Waals surface area (Å²) in [6, 6.07) is 15.0. The van der Waals surface area contributed by atoms with Gasteiger partial charge in [0, 0.05) is 25.5 Å². The summed E-state index contributed by atoms with van der Waals surface area (Å²) in [6.07, 6.45) is 1.63. The predicted molar refractivity (Wildman–Crippen MR) is 107 cm³/mol. The third kappa shape index (κ3) is 5.81. The van der Waals surface area contributed by atoms with Gasteiger partial charge in [-0.25, -0.2) is 5.43 Å². The lowest BCUT2D eigenvalue weighted by molar-refractivity contribution is -0.121. The maximum absolute atomic E-state index is 12.1. The van der Waals surface area contributed by atoms with E-state index in [1.165, 1.54) is 0 Å². The van der Waals surface area contributed by atoms with Gasteiger partial charge in [-0.05, 0) is 55.8 Å². The molecule has 0 spiro atoms. The van der Waals surface area contributed by atoms with Gasteiger partial charge in [0.2, 0.25) is 0 Å². The van der Waals surface area contributed by atoms with E-state index in [1.807, 2.05) is 74.4 Å². The molecule has 0 radical (unpaired) electrons. The maximum atomic E-state index is 12.1. The molecule has 0 saturated heterocycles. The van der Waals surface area contributed by atoms with Crippen molar-refractivity contribution in [3.63, 3.8) is 0 Å². The Morgan fingerprint density at radius 2 is 1.81 bits per heavy atom. The summed E-state index contributed by atoms with van der Waals surface area (Å²) in [5.41, 5.74) is 5.43. The van der Waals surface area contributed by atoms with E-state index in [4.69, 9.17) is 4.74 Å². The molecule has 0 aliphatic carbocycles. The number of hydrazone groups is 1. The molecular formula is C20H26N4O2.